The van der Waals surface area contributed by atoms with Crippen LogP contribution in [0, 0.1) is 5.92 Å². The first-order valence-corrected chi connectivity index (χ1v) is 20.0. The highest BCUT2D eigenvalue weighted by Gasteiger charge is 2.03. The van der Waals surface area contributed by atoms with Crippen LogP contribution in [0.4, 0.5) is 0 Å². The van der Waals surface area contributed by atoms with E-state index in [2.05, 4.69) is 32.9 Å². The van der Waals surface area contributed by atoms with Crippen LogP contribution in [0.2, 0.25) is 0 Å². The van der Waals surface area contributed by atoms with Gasteiger partial charge in [-0.05, 0) is 44.4 Å². The van der Waals surface area contributed by atoms with Crippen molar-refractivity contribution in [1.82, 2.24) is 0 Å². The summed E-state index contributed by atoms with van der Waals surface area (Å²) in [4.78, 5) is 12.0. The summed E-state index contributed by atoms with van der Waals surface area (Å²) in [5, 5.41) is 0. The molecule has 0 aliphatic carbocycles. The summed E-state index contributed by atoms with van der Waals surface area (Å²) in [6, 6.07) is 0. The number of esters is 1. The molecule has 0 saturated carbocycles. The summed E-state index contributed by atoms with van der Waals surface area (Å²) >= 11 is 0. The van der Waals surface area contributed by atoms with Gasteiger partial charge in [-0.1, -0.05) is 200 Å². The van der Waals surface area contributed by atoms with E-state index < -0.39 is 0 Å². The Balaban J connectivity index is 3.18. The average Bonchev–Trinajstić information content (AvgIpc) is 2.99. The Morgan fingerprint density at radius 1 is 0.465 bits per heavy atom. The van der Waals surface area contributed by atoms with Crippen LogP contribution in [0.5, 0.6) is 0 Å². The number of hydrogen-bond donors (Lipinski definition) is 0. The zero-order chi connectivity index (χ0) is 31.3. The van der Waals surface area contributed by atoms with Gasteiger partial charge in [0.1, 0.15) is 0 Å². The van der Waals surface area contributed by atoms with Crippen molar-refractivity contribution in [3.05, 3.63) is 12.2 Å². The van der Waals surface area contributed by atoms with Gasteiger partial charge in [-0.2, -0.15) is 0 Å². The van der Waals surface area contributed by atoms with Crippen molar-refractivity contribution in [3.8, 4) is 0 Å². The Kier molecular flexibility index (Phi) is 36.7. The molecule has 0 saturated heterocycles. The predicted octanol–water partition coefficient (Wildman–Crippen LogP) is 14.6. The predicted molar refractivity (Wildman–Crippen MR) is 193 cm³/mol. The van der Waals surface area contributed by atoms with E-state index in [4.69, 9.17) is 4.74 Å². The molecule has 0 rings (SSSR count). The average molecular weight is 605 g/mol. The molecular weight excluding hydrogens is 524 g/mol. The fourth-order valence-corrected chi connectivity index (χ4v) is 6.08. The van der Waals surface area contributed by atoms with Gasteiger partial charge in [-0.25, -0.2) is 0 Å². The fourth-order valence-electron chi connectivity index (χ4n) is 6.08. The lowest BCUT2D eigenvalue weighted by atomic mass is 10.0. The van der Waals surface area contributed by atoms with Gasteiger partial charge < -0.3 is 4.74 Å². The van der Waals surface area contributed by atoms with E-state index in [0.29, 0.717) is 13.0 Å². The molecule has 0 amide bonds. The third kappa shape index (κ3) is 39.2. The van der Waals surface area contributed by atoms with Gasteiger partial charge in [0.2, 0.25) is 0 Å². The summed E-state index contributed by atoms with van der Waals surface area (Å²) in [7, 11) is 0. The SMILES string of the molecule is CCCCCCCC/C=C/CCCCCCCCCCCCCC(=O)OCCCCCCCCCCCCCCC(C)C. The number of carbonyl (C=O) groups is 1. The summed E-state index contributed by atoms with van der Waals surface area (Å²) < 4.78 is 5.46. The molecule has 0 aliphatic rings. The lowest BCUT2D eigenvalue weighted by Gasteiger charge is -2.06. The number of unbranched alkanes of at least 4 members (excludes halogenated alkanes) is 28. The van der Waals surface area contributed by atoms with Crippen LogP contribution in [0.3, 0.4) is 0 Å². The maximum Gasteiger partial charge on any atom is 0.305 e. The zero-order valence-corrected chi connectivity index (χ0v) is 30.1. The number of hydrogen-bond acceptors (Lipinski definition) is 2. The summed E-state index contributed by atoms with van der Waals surface area (Å²) in [5.74, 6) is 0.895. The van der Waals surface area contributed by atoms with Gasteiger partial charge in [0.25, 0.3) is 0 Å². The minimum atomic E-state index is 0.0255. The van der Waals surface area contributed by atoms with Crippen molar-refractivity contribution in [2.24, 2.45) is 5.92 Å². The Hall–Kier alpha value is -0.790. The van der Waals surface area contributed by atoms with E-state index in [1.165, 1.54) is 193 Å². The zero-order valence-electron chi connectivity index (χ0n) is 30.1. The highest BCUT2D eigenvalue weighted by molar-refractivity contribution is 5.69. The molecule has 0 heterocycles. The molecule has 43 heavy (non-hydrogen) atoms. The smallest absolute Gasteiger partial charge is 0.305 e. The Labute approximate surface area is 272 Å². The van der Waals surface area contributed by atoms with Gasteiger partial charge >= 0.3 is 5.97 Å². The van der Waals surface area contributed by atoms with Crippen LogP contribution in [0.1, 0.15) is 233 Å². The standard InChI is InChI=1S/C41H80O2/c1-4-5-6-7-8-9-10-11-12-13-14-15-16-17-18-19-23-26-29-32-35-38-41(42)43-39-36-33-30-27-24-21-20-22-25-28-31-34-37-40(2)3/h11-12,40H,4-10,13-39H2,1-3H3/b12-11+. The molecular formula is C41H80O2. The number of rotatable bonds is 36. The molecule has 0 aromatic rings. The third-order valence-corrected chi connectivity index (χ3v) is 9.08. The molecule has 0 fully saturated rings. The minimum Gasteiger partial charge on any atom is -0.466 e. The van der Waals surface area contributed by atoms with E-state index >= 15 is 0 Å². The maximum atomic E-state index is 12.0. The molecule has 0 aromatic heterocycles. The largest absolute Gasteiger partial charge is 0.466 e. The molecule has 0 bridgehead atoms. The highest BCUT2D eigenvalue weighted by Crippen LogP contribution is 2.15. The van der Waals surface area contributed by atoms with Crippen molar-refractivity contribution in [3.63, 3.8) is 0 Å². The van der Waals surface area contributed by atoms with Crippen LogP contribution >= 0.6 is 0 Å². The number of carbonyl (C=O) groups excluding carboxylic acids is 1. The molecule has 256 valence electrons. The van der Waals surface area contributed by atoms with E-state index in [-0.39, 0.29) is 5.97 Å². The summed E-state index contributed by atoms with van der Waals surface area (Å²) in [6.45, 7) is 7.58. The van der Waals surface area contributed by atoms with E-state index in [1.54, 1.807) is 0 Å². The monoisotopic (exact) mass is 605 g/mol. The summed E-state index contributed by atoms with van der Waals surface area (Å²) in [5.41, 5.74) is 0. The second kappa shape index (κ2) is 37.4. The lowest BCUT2D eigenvalue weighted by Crippen LogP contribution is -2.05. The van der Waals surface area contributed by atoms with Gasteiger partial charge in [0, 0.05) is 6.42 Å². The molecule has 0 aromatic carbocycles. The molecule has 2 heteroatoms. The third-order valence-electron chi connectivity index (χ3n) is 9.08. The van der Waals surface area contributed by atoms with Crippen LogP contribution in [0.15, 0.2) is 12.2 Å². The van der Waals surface area contributed by atoms with Gasteiger partial charge in [-0.3, -0.25) is 4.79 Å². The fraction of sp³-hybridized carbons (Fsp3) is 0.927. The molecule has 0 unspecified atom stereocenters. The lowest BCUT2D eigenvalue weighted by molar-refractivity contribution is -0.143. The van der Waals surface area contributed by atoms with E-state index in [0.717, 1.165) is 18.8 Å². The molecule has 2 nitrogen and oxygen atoms in total. The van der Waals surface area contributed by atoms with Crippen molar-refractivity contribution >= 4 is 5.97 Å². The Morgan fingerprint density at radius 2 is 0.814 bits per heavy atom. The van der Waals surface area contributed by atoms with Gasteiger partial charge in [0.05, 0.1) is 6.61 Å². The minimum absolute atomic E-state index is 0.0255. The van der Waals surface area contributed by atoms with E-state index in [9.17, 15) is 4.79 Å². The summed E-state index contributed by atoms with van der Waals surface area (Å²) in [6.07, 6.45) is 48.6. The topological polar surface area (TPSA) is 26.3 Å². The molecule has 0 N–H and O–H groups in total. The first-order valence-electron chi connectivity index (χ1n) is 20.0. The maximum absolute atomic E-state index is 12.0. The van der Waals surface area contributed by atoms with Crippen LogP contribution in [-0.4, -0.2) is 12.6 Å². The first kappa shape index (κ1) is 42.2. The second-order valence-corrected chi connectivity index (χ2v) is 14.1. The second-order valence-electron chi connectivity index (χ2n) is 14.1. The normalized spacial score (nSPS) is 11.7. The quantitative estimate of drug-likeness (QED) is 0.0404. The van der Waals surface area contributed by atoms with Crippen LogP contribution in [0.25, 0.3) is 0 Å². The Morgan fingerprint density at radius 3 is 1.23 bits per heavy atom. The van der Waals surface area contributed by atoms with Gasteiger partial charge in [0.15, 0.2) is 0 Å². The van der Waals surface area contributed by atoms with Crippen molar-refractivity contribution < 1.29 is 9.53 Å². The van der Waals surface area contributed by atoms with Crippen LogP contribution < -0.4 is 0 Å². The van der Waals surface area contributed by atoms with Crippen molar-refractivity contribution in [2.45, 2.75) is 233 Å². The highest BCUT2D eigenvalue weighted by atomic mass is 16.5. The van der Waals surface area contributed by atoms with Crippen molar-refractivity contribution in [2.75, 3.05) is 6.61 Å². The number of allylic oxidation sites excluding steroid dienone is 2. The van der Waals surface area contributed by atoms with Gasteiger partial charge in [-0.15, -0.1) is 0 Å². The molecule has 0 radical (unpaired) electrons. The Bertz CT molecular complexity index is 552. The molecule has 0 atom stereocenters. The van der Waals surface area contributed by atoms with Crippen molar-refractivity contribution in [1.29, 1.82) is 0 Å². The number of ether oxygens (including phenoxy) is 1. The van der Waals surface area contributed by atoms with E-state index in [1.807, 2.05) is 0 Å². The molecule has 0 spiro atoms. The first-order chi connectivity index (χ1) is 21.2. The van der Waals surface area contributed by atoms with Crippen LogP contribution in [-0.2, 0) is 9.53 Å². The molecule has 0 aliphatic heterocycles.